The van der Waals surface area contributed by atoms with Gasteiger partial charge < -0.3 is 10.1 Å². The quantitative estimate of drug-likeness (QED) is 0.767. The molecule has 4 heteroatoms. The number of hydrogen-bond donors (Lipinski definition) is 1. The molecule has 1 aromatic rings. The van der Waals surface area contributed by atoms with Gasteiger partial charge in [0.05, 0.1) is 5.02 Å². The molecule has 1 aromatic carbocycles. The lowest BCUT2D eigenvalue weighted by Crippen LogP contribution is -2.18. The summed E-state index contributed by atoms with van der Waals surface area (Å²) < 4.78 is 6.32. The average Bonchev–Trinajstić information content (AvgIpc) is 3.12. The van der Waals surface area contributed by atoms with Crippen LogP contribution in [-0.2, 0) is 4.74 Å². The van der Waals surface area contributed by atoms with Crippen LogP contribution >= 0.6 is 27.5 Å². The van der Waals surface area contributed by atoms with Gasteiger partial charge in [-0.3, -0.25) is 0 Å². The van der Waals surface area contributed by atoms with Gasteiger partial charge in [-0.2, -0.15) is 0 Å². The van der Waals surface area contributed by atoms with E-state index in [0.717, 1.165) is 28.8 Å². The normalized spacial score (nSPS) is 24.2. The fraction of sp³-hybridized carbons (Fsp3) is 0.438. The second-order valence-corrected chi connectivity index (χ2v) is 6.95. The van der Waals surface area contributed by atoms with Gasteiger partial charge in [-0.1, -0.05) is 23.8 Å². The zero-order chi connectivity index (χ0) is 14.2. The van der Waals surface area contributed by atoms with Crippen LogP contribution in [0.1, 0.15) is 30.4 Å². The largest absolute Gasteiger partial charge is 0.381 e. The Hall–Kier alpha value is -0.640. The van der Waals surface area contributed by atoms with E-state index in [1.807, 2.05) is 12.1 Å². The van der Waals surface area contributed by atoms with Crippen LogP contribution in [0, 0.1) is 16.7 Å². The van der Waals surface area contributed by atoms with Crippen LogP contribution in [0.5, 0.6) is 0 Å². The Kier molecular flexibility index (Phi) is 4.02. The number of nitrogens with one attached hydrogen (secondary N) is 1. The third kappa shape index (κ3) is 2.72. The van der Waals surface area contributed by atoms with Crippen molar-refractivity contribution < 1.29 is 4.74 Å². The van der Waals surface area contributed by atoms with E-state index in [1.54, 1.807) is 0 Å². The smallest absolute Gasteiger partial charge is 0.0555 e. The third-order valence-electron chi connectivity index (χ3n) is 4.53. The summed E-state index contributed by atoms with van der Waals surface area (Å²) in [6, 6.07) is 3.81. The van der Waals surface area contributed by atoms with Crippen LogP contribution in [0.25, 0.3) is 6.08 Å². The first-order valence-electron chi connectivity index (χ1n) is 6.90. The summed E-state index contributed by atoms with van der Waals surface area (Å²) in [5, 5.41) is 8.14. The van der Waals surface area contributed by atoms with Gasteiger partial charge >= 0.3 is 0 Å². The first-order valence-corrected chi connectivity index (χ1v) is 8.07. The molecule has 2 aliphatic rings. The summed E-state index contributed by atoms with van der Waals surface area (Å²) in [6.07, 6.45) is 9.44. The number of halogens is 2. The maximum absolute atomic E-state index is 7.49. The van der Waals surface area contributed by atoms with Crippen molar-refractivity contribution in [3.8, 4) is 0 Å². The van der Waals surface area contributed by atoms with Crippen molar-refractivity contribution in [2.45, 2.75) is 19.3 Å². The van der Waals surface area contributed by atoms with Crippen LogP contribution in [0.4, 0.5) is 0 Å². The number of allylic oxidation sites excluding steroid dienone is 1. The highest BCUT2D eigenvalue weighted by Crippen LogP contribution is 2.59. The molecular weight excluding hydrogens is 338 g/mol. The molecule has 106 valence electrons. The molecule has 2 nitrogen and oxygen atoms in total. The van der Waals surface area contributed by atoms with Crippen molar-refractivity contribution in [1.29, 1.82) is 5.41 Å². The van der Waals surface area contributed by atoms with E-state index in [1.165, 1.54) is 25.5 Å². The number of hydrogen-bond acceptors (Lipinski definition) is 2. The summed E-state index contributed by atoms with van der Waals surface area (Å²) in [5.74, 6) is 0.666. The molecule has 1 saturated carbocycles. The summed E-state index contributed by atoms with van der Waals surface area (Å²) in [6.45, 7) is 1.81. The van der Waals surface area contributed by atoms with Crippen molar-refractivity contribution in [2.24, 2.45) is 11.3 Å². The van der Waals surface area contributed by atoms with E-state index < -0.39 is 0 Å². The van der Waals surface area contributed by atoms with Crippen molar-refractivity contribution >= 4 is 39.8 Å². The molecule has 1 spiro atoms. The van der Waals surface area contributed by atoms with Crippen LogP contribution in [0.15, 0.2) is 22.7 Å². The summed E-state index contributed by atoms with van der Waals surface area (Å²) >= 11 is 9.51. The molecule has 2 fully saturated rings. The van der Waals surface area contributed by atoms with Gasteiger partial charge in [-0.25, -0.2) is 0 Å². The zero-order valence-corrected chi connectivity index (χ0v) is 13.5. The first kappa shape index (κ1) is 14.3. The Morgan fingerprint density at radius 1 is 1.30 bits per heavy atom. The maximum atomic E-state index is 7.49. The Morgan fingerprint density at radius 3 is 2.75 bits per heavy atom. The maximum Gasteiger partial charge on any atom is 0.0555 e. The van der Waals surface area contributed by atoms with Gasteiger partial charge in [0.25, 0.3) is 0 Å². The highest BCUT2D eigenvalue weighted by molar-refractivity contribution is 9.10. The minimum absolute atomic E-state index is 0.503. The Morgan fingerprint density at radius 2 is 2.05 bits per heavy atom. The lowest BCUT2D eigenvalue weighted by atomic mass is 9.93. The third-order valence-corrected chi connectivity index (χ3v) is 5.73. The molecular formula is C16H17BrClNO. The van der Waals surface area contributed by atoms with E-state index in [4.69, 9.17) is 21.7 Å². The lowest BCUT2D eigenvalue weighted by Gasteiger charge is -2.22. The van der Waals surface area contributed by atoms with Gasteiger partial charge in [0, 0.05) is 29.5 Å². The van der Waals surface area contributed by atoms with Crippen molar-refractivity contribution in [1.82, 2.24) is 0 Å². The molecule has 0 radical (unpaired) electrons. The van der Waals surface area contributed by atoms with Gasteiger partial charge in [0.1, 0.15) is 0 Å². The molecule has 1 aliphatic heterocycles. The predicted octanol–water partition coefficient (Wildman–Crippen LogP) is 4.93. The fourth-order valence-electron chi connectivity index (χ4n) is 3.07. The molecule has 1 unspecified atom stereocenters. The molecule has 1 N–H and O–H groups in total. The number of rotatable bonds is 3. The fourth-order valence-corrected chi connectivity index (χ4v) is 3.60. The standard InChI is InChI=1S/C16H17BrClNO/c17-14-7-11(12(10-19)8-15(14)18)1-2-13-9-16(13)3-5-20-6-4-16/h1-2,7-8,10,13,19H,3-6,9H2/b2-1+,19-10?. The van der Waals surface area contributed by atoms with Crippen molar-refractivity contribution in [2.75, 3.05) is 13.2 Å². The number of benzene rings is 1. The Balaban J connectivity index is 1.77. The average molecular weight is 355 g/mol. The lowest BCUT2D eigenvalue weighted by molar-refractivity contribution is 0.0544. The SMILES string of the molecule is N=Cc1cc(Cl)c(Br)cc1/C=C/C1CC12CCOCC2. The summed E-state index contributed by atoms with van der Waals surface area (Å²) in [7, 11) is 0. The summed E-state index contributed by atoms with van der Waals surface area (Å²) in [4.78, 5) is 0. The van der Waals surface area contributed by atoms with E-state index in [-0.39, 0.29) is 0 Å². The molecule has 1 aliphatic carbocycles. The number of ether oxygens (including phenoxy) is 1. The molecule has 20 heavy (non-hydrogen) atoms. The van der Waals surface area contributed by atoms with Crippen LogP contribution < -0.4 is 0 Å². The van der Waals surface area contributed by atoms with Crippen LogP contribution in [0.2, 0.25) is 5.02 Å². The zero-order valence-electron chi connectivity index (χ0n) is 11.2. The molecule has 0 aromatic heterocycles. The molecule has 0 bridgehead atoms. The van der Waals surface area contributed by atoms with E-state index >= 15 is 0 Å². The Bertz CT molecular complexity index is 564. The van der Waals surface area contributed by atoms with Crippen LogP contribution in [0.3, 0.4) is 0 Å². The second-order valence-electron chi connectivity index (χ2n) is 5.68. The molecule has 1 atom stereocenters. The van der Waals surface area contributed by atoms with Crippen LogP contribution in [-0.4, -0.2) is 19.4 Å². The van der Waals surface area contributed by atoms with Crippen molar-refractivity contribution in [3.63, 3.8) is 0 Å². The topological polar surface area (TPSA) is 33.1 Å². The second kappa shape index (κ2) is 5.63. The molecule has 1 saturated heterocycles. The molecule has 0 amide bonds. The van der Waals surface area contributed by atoms with E-state index in [0.29, 0.717) is 16.4 Å². The van der Waals surface area contributed by atoms with Gasteiger partial charge in [0.15, 0.2) is 0 Å². The predicted molar refractivity (Wildman–Crippen MR) is 86.7 cm³/mol. The summed E-state index contributed by atoms with van der Waals surface area (Å²) in [5.41, 5.74) is 2.41. The van der Waals surface area contributed by atoms with E-state index in [2.05, 4.69) is 28.1 Å². The molecule has 3 rings (SSSR count). The first-order chi connectivity index (χ1) is 9.64. The van der Waals surface area contributed by atoms with Gasteiger partial charge in [-0.15, -0.1) is 0 Å². The highest BCUT2D eigenvalue weighted by Gasteiger charge is 2.52. The molecule has 1 heterocycles. The highest BCUT2D eigenvalue weighted by atomic mass is 79.9. The monoisotopic (exact) mass is 353 g/mol. The Labute approximate surface area is 132 Å². The minimum Gasteiger partial charge on any atom is -0.381 e. The van der Waals surface area contributed by atoms with Gasteiger partial charge in [-0.05, 0) is 64.2 Å². The minimum atomic E-state index is 0.503. The van der Waals surface area contributed by atoms with Gasteiger partial charge in [0.2, 0.25) is 0 Å². The van der Waals surface area contributed by atoms with E-state index in [9.17, 15) is 0 Å². The van der Waals surface area contributed by atoms with Crippen molar-refractivity contribution in [3.05, 3.63) is 38.8 Å².